The van der Waals surface area contributed by atoms with E-state index in [4.69, 9.17) is 0 Å². The van der Waals surface area contributed by atoms with E-state index in [0.29, 0.717) is 0 Å². The predicted octanol–water partition coefficient (Wildman–Crippen LogP) is 7.53. The average molecular weight is 487 g/mol. The van der Waals surface area contributed by atoms with Crippen molar-refractivity contribution in [3.63, 3.8) is 0 Å². The molecule has 0 aromatic rings. The third-order valence-electron chi connectivity index (χ3n) is 3.40. The Kier molecular flexibility index (Phi) is 16.5. The van der Waals surface area contributed by atoms with Gasteiger partial charge in [-0.1, -0.05) is 47.5 Å². The summed E-state index contributed by atoms with van der Waals surface area (Å²) in [6.45, 7) is 11.4. The Labute approximate surface area is 146 Å². The van der Waals surface area contributed by atoms with Gasteiger partial charge >= 0.3 is 0 Å². The quantitative estimate of drug-likeness (QED) is 0.295. The zero-order valence-electron chi connectivity index (χ0n) is 13.9. The van der Waals surface area contributed by atoms with Crippen LogP contribution in [0.3, 0.4) is 0 Å². The molecule has 4 heteroatoms. The zero-order chi connectivity index (χ0) is 15.4. The molecule has 0 saturated carbocycles. The van der Waals surface area contributed by atoms with Crippen molar-refractivity contribution in [2.45, 2.75) is 60.3 Å². The molecule has 0 amide bonds. The Morgan fingerprint density at radius 2 is 1.11 bits per heavy atom. The zero-order valence-corrected chi connectivity index (χ0v) is 19.3. The minimum absolute atomic E-state index is 0.236. The molecule has 122 valence electrons. The van der Waals surface area contributed by atoms with Gasteiger partial charge in [-0.15, -0.1) is 0 Å². The highest BCUT2D eigenvalue weighted by molar-refractivity contribution is 14.2. The van der Waals surface area contributed by atoms with Gasteiger partial charge in [0, 0.05) is 0 Å². The van der Waals surface area contributed by atoms with E-state index in [1.807, 2.05) is 0 Å². The summed E-state index contributed by atoms with van der Waals surface area (Å²) in [4.78, 5) is 0. The molecule has 0 spiro atoms. The summed E-state index contributed by atoms with van der Waals surface area (Å²) >= 11 is 6.47. The van der Waals surface area contributed by atoms with E-state index in [-0.39, 0.29) is 15.7 Å². The van der Waals surface area contributed by atoms with Crippen molar-refractivity contribution in [2.24, 2.45) is 0 Å². The molecule has 0 aliphatic rings. The molecule has 0 atom stereocenters. The second-order valence-electron chi connectivity index (χ2n) is 5.08. The molecule has 19 heavy (non-hydrogen) atoms. The van der Waals surface area contributed by atoms with Gasteiger partial charge in [-0.2, -0.15) is 15.7 Å². The summed E-state index contributed by atoms with van der Waals surface area (Å²) in [6.07, 6.45) is 8.05. The fraction of sp³-hybridized carbons (Fsp3) is 1.00. The first-order valence-electron chi connectivity index (χ1n) is 7.70. The smallest absolute Gasteiger partial charge is 0.0146 e. The molecule has 0 aliphatic carbocycles. The first-order chi connectivity index (χ1) is 8.80. The van der Waals surface area contributed by atoms with Crippen LogP contribution in [0.25, 0.3) is 0 Å². The highest BCUT2D eigenvalue weighted by Crippen LogP contribution is 2.54. The van der Waals surface area contributed by atoms with Crippen LogP contribution in [0.15, 0.2) is 0 Å². The van der Waals surface area contributed by atoms with Gasteiger partial charge in [-0.3, -0.25) is 0 Å². The molecule has 0 radical (unpaired) electrons. The van der Waals surface area contributed by atoms with Crippen LogP contribution in [-0.4, -0.2) is 35.0 Å². The molecule has 0 fully saturated rings. The maximum absolute atomic E-state index is 3.77. The molecule has 0 unspecified atom stereocenters. The van der Waals surface area contributed by atoms with Crippen molar-refractivity contribution in [3.05, 3.63) is 0 Å². The number of halogens is 2. The summed E-state index contributed by atoms with van der Waals surface area (Å²) < 4.78 is 0. The summed E-state index contributed by atoms with van der Waals surface area (Å²) in [5.41, 5.74) is 0. The Balaban J connectivity index is 0. The number of unbranched alkanes of at least 4 members (excludes halogenated alkanes) is 2. The lowest BCUT2D eigenvalue weighted by Crippen LogP contribution is -2.00. The maximum atomic E-state index is 3.77. The van der Waals surface area contributed by atoms with Crippen molar-refractivity contribution in [1.82, 2.24) is 0 Å². The predicted molar refractivity (Wildman–Crippen MR) is 115 cm³/mol. The van der Waals surface area contributed by atoms with Crippen LogP contribution in [0, 0.1) is 0 Å². The van der Waals surface area contributed by atoms with Crippen LogP contribution in [0.2, 0.25) is 0 Å². The lowest BCUT2D eigenvalue weighted by molar-refractivity contribution is 0.874. The Hall–Kier alpha value is 1.91. The highest BCUT2D eigenvalue weighted by Gasteiger charge is 2.11. The van der Waals surface area contributed by atoms with E-state index in [1.54, 1.807) is 0 Å². The average Bonchev–Trinajstić information content (AvgIpc) is 2.43. The largest absolute Gasteiger partial charge is 0.190 e. The van der Waals surface area contributed by atoms with E-state index in [1.165, 1.54) is 54.4 Å². The highest BCUT2D eigenvalue weighted by atomic mass is 127. The molecular weight excluding hydrogens is 451 g/mol. The van der Waals surface area contributed by atoms with Crippen molar-refractivity contribution in [3.8, 4) is 0 Å². The van der Waals surface area contributed by atoms with E-state index in [9.17, 15) is 0 Å². The van der Waals surface area contributed by atoms with Gasteiger partial charge in [0.1, 0.15) is 0 Å². The fourth-order valence-electron chi connectivity index (χ4n) is 1.61. The van der Waals surface area contributed by atoms with Gasteiger partial charge < -0.3 is 0 Å². The van der Waals surface area contributed by atoms with Crippen molar-refractivity contribution in [2.75, 3.05) is 35.0 Å². The molecule has 0 aromatic heterocycles. The van der Waals surface area contributed by atoms with Crippen LogP contribution in [0.5, 0.6) is 0 Å². The molecule has 0 heterocycles. The molecule has 0 aliphatic heterocycles. The van der Waals surface area contributed by atoms with Gasteiger partial charge in [-0.05, 0) is 83.9 Å². The third-order valence-corrected chi connectivity index (χ3v) is 15.5. The van der Waals surface area contributed by atoms with Crippen LogP contribution >= 0.6 is 51.7 Å². The lowest BCUT2D eigenvalue weighted by Gasteiger charge is -2.28. The minimum Gasteiger partial charge on any atom is -0.190 e. The molecule has 0 bridgehead atoms. The second kappa shape index (κ2) is 13.6. The molecular formula is C15H36BrIS2. The van der Waals surface area contributed by atoms with Crippen LogP contribution in [0.1, 0.15) is 60.3 Å². The summed E-state index contributed by atoms with van der Waals surface area (Å²) in [7, 11) is -0.576. The molecule has 0 aromatic carbocycles. The SMILES string of the molecule is CCCCS(C)(I)CCCC.CCS(Br)(CC)CC. The first-order valence-corrected chi connectivity index (χ1v) is 16.6. The molecule has 0 N–H and O–H groups in total. The summed E-state index contributed by atoms with van der Waals surface area (Å²) in [5, 5.41) is 0. The number of hydrogen-bond acceptors (Lipinski definition) is 0. The molecule has 0 saturated heterocycles. The van der Waals surface area contributed by atoms with Gasteiger partial charge in [-0.25, -0.2) is 0 Å². The standard InChI is InChI=1S/C9H21IS.C6H15BrS/c1-4-6-8-11(3,10)9-7-5-2;1-4-8(7,5-2)6-3/h4-9H2,1-3H3;4-6H2,1-3H3. The first kappa shape index (κ1) is 23.2. The van der Waals surface area contributed by atoms with Crippen molar-refractivity contribution < 1.29 is 0 Å². The Morgan fingerprint density at radius 3 is 1.26 bits per heavy atom. The monoisotopic (exact) mass is 486 g/mol. The Bertz CT molecular complexity index is 176. The van der Waals surface area contributed by atoms with Gasteiger partial charge in [0.2, 0.25) is 0 Å². The van der Waals surface area contributed by atoms with E-state index in [2.05, 4.69) is 76.9 Å². The van der Waals surface area contributed by atoms with E-state index in [0.717, 1.165) is 0 Å². The summed E-state index contributed by atoms with van der Waals surface area (Å²) in [5.74, 6) is 6.91. The topological polar surface area (TPSA) is 0 Å². The van der Waals surface area contributed by atoms with Crippen LogP contribution < -0.4 is 0 Å². The fourth-order valence-corrected chi connectivity index (χ4v) is 6.68. The molecule has 0 rings (SSSR count). The minimum atomic E-state index is -0.340. The third kappa shape index (κ3) is 14.6. The lowest BCUT2D eigenvalue weighted by atomic mass is 10.4. The normalized spacial score (nSPS) is 13.7. The van der Waals surface area contributed by atoms with Crippen LogP contribution in [0.4, 0.5) is 0 Å². The van der Waals surface area contributed by atoms with Gasteiger partial charge in [0.15, 0.2) is 0 Å². The van der Waals surface area contributed by atoms with Gasteiger partial charge in [0.05, 0.1) is 0 Å². The van der Waals surface area contributed by atoms with E-state index >= 15 is 0 Å². The van der Waals surface area contributed by atoms with Crippen molar-refractivity contribution in [1.29, 1.82) is 0 Å². The molecule has 0 nitrogen and oxygen atoms in total. The maximum Gasteiger partial charge on any atom is -0.0146 e. The second-order valence-corrected chi connectivity index (χ2v) is 22.3. The number of rotatable bonds is 9. The summed E-state index contributed by atoms with van der Waals surface area (Å²) in [6, 6.07) is 0. The Morgan fingerprint density at radius 1 is 0.789 bits per heavy atom. The number of hydrogen-bond donors (Lipinski definition) is 0. The van der Waals surface area contributed by atoms with Gasteiger partial charge in [0.25, 0.3) is 0 Å². The van der Waals surface area contributed by atoms with Crippen LogP contribution in [-0.2, 0) is 0 Å². The van der Waals surface area contributed by atoms with Crippen molar-refractivity contribution >= 4 is 51.7 Å². The van der Waals surface area contributed by atoms with E-state index < -0.39 is 0 Å².